The van der Waals surface area contributed by atoms with Gasteiger partial charge < -0.3 is 9.47 Å². The van der Waals surface area contributed by atoms with Crippen molar-refractivity contribution in [1.82, 2.24) is 4.98 Å². The topological polar surface area (TPSA) is 65.5 Å². The summed E-state index contributed by atoms with van der Waals surface area (Å²) >= 11 is 6.16. The van der Waals surface area contributed by atoms with Crippen LogP contribution in [0.25, 0.3) is 22.2 Å². The van der Waals surface area contributed by atoms with E-state index < -0.39 is 5.97 Å². The van der Waals surface area contributed by atoms with Gasteiger partial charge in [0.2, 0.25) is 0 Å². The number of hydrogen-bond donors (Lipinski definition) is 0. The predicted molar refractivity (Wildman–Crippen MR) is 125 cm³/mol. The van der Waals surface area contributed by atoms with E-state index in [1.165, 1.54) is 0 Å². The lowest BCUT2D eigenvalue weighted by Crippen LogP contribution is -2.16. The molecule has 1 aromatic heterocycles. The van der Waals surface area contributed by atoms with Gasteiger partial charge in [0.25, 0.3) is 0 Å². The van der Waals surface area contributed by atoms with Crippen LogP contribution in [0.5, 0.6) is 5.75 Å². The molecule has 0 atom stereocenters. The highest BCUT2D eigenvalue weighted by molar-refractivity contribution is 6.30. The van der Waals surface area contributed by atoms with E-state index in [2.05, 4.69) is 0 Å². The summed E-state index contributed by atoms with van der Waals surface area (Å²) in [6.07, 6.45) is 0. The number of nitrogens with zero attached hydrogens (tertiary/aromatic N) is 1. The average Bonchev–Trinajstić information content (AvgIpc) is 2.82. The van der Waals surface area contributed by atoms with Gasteiger partial charge in [-0.1, -0.05) is 41.9 Å². The fourth-order valence-corrected chi connectivity index (χ4v) is 3.74. The number of benzene rings is 3. The SMILES string of the molecule is COc1ccc(C(=O)COC(=O)c2c(C)c(-c3cccc(Cl)c3)nc3ccccc23)cc1. The lowest BCUT2D eigenvalue weighted by molar-refractivity contribution is 0.0476. The molecule has 0 unspecified atom stereocenters. The Balaban J connectivity index is 1.67. The number of ketones is 1. The Kier molecular flexibility index (Phi) is 6.19. The number of carbonyl (C=O) groups is 2. The van der Waals surface area contributed by atoms with E-state index in [1.807, 2.05) is 43.3 Å². The molecule has 0 amide bonds. The smallest absolute Gasteiger partial charge is 0.339 e. The van der Waals surface area contributed by atoms with Crippen molar-refractivity contribution in [3.8, 4) is 17.0 Å². The van der Waals surface area contributed by atoms with Crippen LogP contribution >= 0.6 is 11.6 Å². The van der Waals surface area contributed by atoms with Crippen LogP contribution in [0.3, 0.4) is 0 Å². The maximum absolute atomic E-state index is 13.1. The first-order valence-corrected chi connectivity index (χ1v) is 10.4. The summed E-state index contributed by atoms with van der Waals surface area (Å²) in [6, 6.07) is 21.3. The van der Waals surface area contributed by atoms with E-state index in [-0.39, 0.29) is 12.4 Å². The summed E-state index contributed by atoms with van der Waals surface area (Å²) in [5, 5.41) is 1.24. The molecule has 0 aliphatic heterocycles. The molecule has 5 nitrogen and oxygen atoms in total. The van der Waals surface area contributed by atoms with Crippen molar-refractivity contribution < 1.29 is 19.1 Å². The minimum atomic E-state index is -0.578. The monoisotopic (exact) mass is 445 g/mol. The Bertz CT molecular complexity index is 1320. The maximum Gasteiger partial charge on any atom is 0.339 e. The molecule has 0 saturated heterocycles. The van der Waals surface area contributed by atoms with E-state index >= 15 is 0 Å². The number of halogens is 1. The molecule has 1 heterocycles. The van der Waals surface area contributed by atoms with Crippen LogP contribution in [0, 0.1) is 6.92 Å². The molecule has 4 aromatic rings. The van der Waals surface area contributed by atoms with Crippen molar-refractivity contribution in [2.75, 3.05) is 13.7 Å². The zero-order valence-corrected chi connectivity index (χ0v) is 18.3. The minimum absolute atomic E-state index is 0.299. The number of rotatable bonds is 6. The summed E-state index contributed by atoms with van der Waals surface area (Å²) in [7, 11) is 1.55. The van der Waals surface area contributed by atoms with E-state index in [0.29, 0.717) is 44.1 Å². The molecule has 0 bridgehead atoms. The summed E-state index contributed by atoms with van der Waals surface area (Å²) in [6.45, 7) is 1.45. The fraction of sp³-hybridized carbons (Fsp3) is 0.115. The summed E-state index contributed by atoms with van der Waals surface area (Å²) < 4.78 is 10.5. The molecule has 32 heavy (non-hydrogen) atoms. The molecule has 0 aliphatic carbocycles. The van der Waals surface area contributed by atoms with Gasteiger partial charge in [-0.05, 0) is 55.0 Å². The van der Waals surface area contributed by atoms with Crippen LogP contribution in [-0.4, -0.2) is 30.5 Å². The number of methoxy groups -OCH3 is 1. The van der Waals surface area contributed by atoms with Gasteiger partial charge in [0, 0.05) is 21.5 Å². The minimum Gasteiger partial charge on any atom is -0.497 e. The Labute approximate surface area is 190 Å². The Morgan fingerprint density at radius 1 is 0.969 bits per heavy atom. The number of ether oxygens (including phenoxy) is 2. The molecule has 0 fully saturated rings. The van der Waals surface area contributed by atoms with Gasteiger partial charge in [0.05, 0.1) is 23.9 Å². The first kappa shape index (κ1) is 21.5. The molecule has 0 aliphatic rings. The zero-order chi connectivity index (χ0) is 22.7. The van der Waals surface area contributed by atoms with Crippen LogP contribution in [0.15, 0.2) is 72.8 Å². The lowest BCUT2D eigenvalue weighted by atomic mass is 9.98. The van der Waals surface area contributed by atoms with Crippen molar-refractivity contribution in [2.24, 2.45) is 0 Å². The van der Waals surface area contributed by atoms with Crippen LogP contribution in [0.2, 0.25) is 5.02 Å². The Morgan fingerprint density at radius 3 is 2.44 bits per heavy atom. The van der Waals surface area contributed by atoms with Gasteiger partial charge in [-0.3, -0.25) is 4.79 Å². The number of esters is 1. The Morgan fingerprint density at radius 2 is 1.72 bits per heavy atom. The molecule has 0 N–H and O–H groups in total. The maximum atomic E-state index is 13.1. The average molecular weight is 446 g/mol. The molecule has 0 saturated carbocycles. The van der Waals surface area contributed by atoms with E-state index in [9.17, 15) is 9.59 Å². The second kappa shape index (κ2) is 9.20. The largest absolute Gasteiger partial charge is 0.497 e. The summed E-state index contributed by atoms with van der Waals surface area (Å²) in [5.74, 6) is -0.232. The quantitative estimate of drug-likeness (QED) is 0.272. The number of aromatic nitrogens is 1. The van der Waals surface area contributed by atoms with Crippen molar-refractivity contribution in [3.05, 3.63) is 94.5 Å². The highest BCUT2D eigenvalue weighted by Gasteiger charge is 2.21. The van der Waals surface area contributed by atoms with Gasteiger partial charge in [0.15, 0.2) is 12.4 Å². The second-order valence-electron chi connectivity index (χ2n) is 7.22. The number of pyridine rings is 1. The number of hydrogen-bond acceptors (Lipinski definition) is 5. The van der Waals surface area contributed by atoms with Gasteiger partial charge in [0.1, 0.15) is 5.75 Å². The zero-order valence-electron chi connectivity index (χ0n) is 17.6. The number of fused-ring (bicyclic) bond motifs is 1. The Hall–Kier alpha value is -3.70. The molecule has 6 heteroatoms. The van der Waals surface area contributed by atoms with Crippen LogP contribution in [0.1, 0.15) is 26.3 Å². The summed E-state index contributed by atoms with van der Waals surface area (Å²) in [5.41, 5.74) is 3.57. The van der Waals surface area contributed by atoms with Gasteiger partial charge in [-0.25, -0.2) is 9.78 Å². The van der Waals surface area contributed by atoms with E-state index in [1.54, 1.807) is 43.5 Å². The van der Waals surface area contributed by atoms with Gasteiger partial charge in [-0.2, -0.15) is 0 Å². The van der Waals surface area contributed by atoms with Crippen LogP contribution in [-0.2, 0) is 4.74 Å². The third kappa shape index (κ3) is 4.34. The van der Waals surface area contributed by atoms with Crippen LogP contribution in [0.4, 0.5) is 0 Å². The summed E-state index contributed by atoms with van der Waals surface area (Å²) in [4.78, 5) is 30.4. The standard InChI is InChI=1S/C26H20ClNO4/c1-16-24(26(30)32-15-23(29)17-10-12-20(31-2)13-11-17)21-8-3-4-9-22(21)28-25(16)18-6-5-7-19(27)14-18/h3-14H,15H2,1-2H3. The third-order valence-electron chi connectivity index (χ3n) is 5.18. The molecular formula is C26H20ClNO4. The number of Topliss-reactive ketones (excluding diaryl/α,β-unsaturated/α-hetero) is 1. The van der Waals surface area contributed by atoms with E-state index in [0.717, 1.165) is 5.56 Å². The van der Waals surface area contributed by atoms with Crippen molar-refractivity contribution in [2.45, 2.75) is 6.92 Å². The first-order chi connectivity index (χ1) is 15.5. The van der Waals surface area contributed by atoms with E-state index in [4.69, 9.17) is 26.1 Å². The number of para-hydroxylation sites is 1. The van der Waals surface area contributed by atoms with Gasteiger partial charge in [-0.15, -0.1) is 0 Å². The van der Waals surface area contributed by atoms with Crippen molar-refractivity contribution in [3.63, 3.8) is 0 Å². The van der Waals surface area contributed by atoms with Gasteiger partial charge >= 0.3 is 5.97 Å². The lowest BCUT2D eigenvalue weighted by Gasteiger charge is -2.14. The highest BCUT2D eigenvalue weighted by atomic mass is 35.5. The number of carbonyl (C=O) groups excluding carboxylic acids is 2. The molecule has 3 aromatic carbocycles. The second-order valence-corrected chi connectivity index (χ2v) is 7.65. The molecule has 4 rings (SSSR count). The van der Waals surface area contributed by atoms with Crippen molar-refractivity contribution >= 4 is 34.3 Å². The van der Waals surface area contributed by atoms with Crippen LogP contribution < -0.4 is 4.74 Å². The van der Waals surface area contributed by atoms with Crippen molar-refractivity contribution in [1.29, 1.82) is 0 Å². The first-order valence-electron chi connectivity index (χ1n) is 9.97. The molecule has 0 radical (unpaired) electrons. The highest BCUT2D eigenvalue weighted by Crippen LogP contribution is 2.31. The fourth-order valence-electron chi connectivity index (χ4n) is 3.55. The molecule has 160 valence electrons. The normalized spacial score (nSPS) is 10.7. The third-order valence-corrected chi connectivity index (χ3v) is 5.42. The molecular weight excluding hydrogens is 426 g/mol. The predicted octanol–water partition coefficient (Wildman–Crippen LogP) is 5.91. The molecule has 0 spiro atoms.